The molecule has 0 spiro atoms. The first-order chi connectivity index (χ1) is 30.7. The highest BCUT2D eigenvalue weighted by atomic mass is 35.5. The van der Waals surface area contributed by atoms with Gasteiger partial charge in [-0.25, -0.2) is 4.98 Å². The molecular formula is C48H33Cl2F3N4O7. The average molecular weight is 906 g/mol. The van der Waals surface area contributed by atoms with E-state index in [-0.39, 0.29) is 42.3 Å². The van der Waals surface area contributed by atoms with Crippen LogP contribution in [0.2, 0.25) is 10.0 Å². The van der Waals surface area contributed by atoms with Crippen LogP contribution in [-0.4, -0.2) is 44.5 Å². The van der Waals surface area contributed by atoms with E-state index < -0.39 is 75.4 Å². The van der Waals surface area contributed by atoms with E-state index in [1.165, 1.54) is 18.4 Å². The number of allylic oxidation sites excluding steroid dienone is 3. The van der Waals surface area contributed by atoms with Crippen LogP contribution in [0.15, 0.2) is 133 Å². The molecule has 0 radical (unpaired) electrons. The summed E-state index contributed by atoms with van der Waals surface area (Å²) in [6.45, 7) is 0. The molecule has 3 fully saturated rings. The van der Waals surface area contributed by atoms with E-state index in [1.807, 2.05) is 6.08 Å². The SMILES string of the molecule is O=C(c1ccccc1)c1ccc(N2C(=O)C3CC=C4C(CC5C(=O)N(Nc6ncc(C(F)(F)F)cc6Cl)C(=O)C5(c5ccc(Cl)cc5)C4C4=COc5ccc(O)cc5C4)C3C2=O)cc1. The van der Waals surface area contributed by atoms with E-state index in [1.54, 1.807) is 84.9 Å². The lowest BCUT2D eigenvalue weighted by atomic mass is 9.48. The summed E-state index contributed by atoms with van der Waals surface area (Å²) in [5, 5.41) is 11.1. The number of alkyl halides is 3. The third-order valence-corrected chi connectivity index (χ3v) is 13.7. The van der Waals surface area contributed by atoms with Crippen molar-refractivity contribution >= 4 is 64.1 Å². The van der Waals surface area contributed by atoms with Gasteiger partial charge >= 0.3 is 6.18 Å². The summed E-state index contributed by atoms with van der Waals surface area (Å²) in [6.07, 6.45) is -0.717. The van der Waals surface area contributed by atoms with Crippen LogP contribution in [-0.2, 0) is 37.2 Å². The number of nitrogens with one attached hydrogen (secondary N) is 1. The molecule has 64 heavy (non-hydrogen) atoms. The molecule has 5 aliphatic rings. The third kappa shape index (κ3) is 6.41. The second kappa shape index (κ2) is 15.2. The Morgan fingerprint density at radius 2 is 1.58 bits per heavy atom. The minimum atomic E-state index is -4.78. The number of pyridine rings is 1. The maximum atomic E-state index is 15.5. The first kappa shape index (κ1) is 41.3. The van der Waals surface area contributed by atoms with Crippen molar-refractivity contribution in [3.05, 3.63) is 171 Å². The number of imide groups is 2. The summed E-state index contributed by atoms with van der Waals surface area (Å²) < 4.78 is 47.0. The van der Waals surface area contributed by atoms with Crippen molar-refractivity contribution in [1.29, 1.82) is 0 Å². The van der Waals surface area contributed by atoms with Crippen molar-refractivity contribution in [1.82, 2.24) is 9.99 Å². The molecule has 16 heteroatoms. The molecule has 1 saturated carbocycles. The number of halogens is 5. The third-order valence-electron chi connectivity index (χ3n) is 13.1. The van der Waals surface area contributed by atoms with Gasteiger partial charge in [-0.3, -0.25) is 34.3 Å². The quantitative estimate of drug-likeness (QED) is 0.0929. The largest absolute Gasteiger partial charge is 0.508 e. The molecule has 5 aromatic rings. The van der Waals surface area contributed by atoms with E-state index in [0.717, 1.165) is 9.91 Å². The van der Waals surface area contributed by atoms with Crippen LogP contribution in [0.5, 0.6) is 11.5 Å². The molecule has 4 amide bonds. The molecular weight excluding hydrogens is 872 g/mol. The van der Waals surface area contributed by atoms with Gasteiger partial charge in [0.25, 0.3) is 11.8 Å². The zero-order chi connectivity index (χ0) is 44.8. The monoisotopic (exact) mass is 904 g/mol. The number of aromatic nitrogens is 1. The number of fused-ring (bicyclic) bond motifs is 5. The first-order valence-electron chi connectivity index (χ1n) is 20.3. The Morgan fingerprint density at radius 3 is 2.28 bits per heavy atom. The zero-order valence-corrected chi connectivity index (χ0v) is 34.7. The van der Waals surface area contributed by atoms with E-state index in [9.17, 15) is 32.7 Å². The molecule has 2 N–H and O–H groups in total. The molecule has 1 aromatic heterocycles. The first-order valence-corrected chi connectivity index (χ1v) is 21.0. The highest BCUT2D eigenvalue weighted by Gasteiger charge is 2.71. The lowest BCUT2D eigenvalue weighted by Gasteiger charge is -2.51. The standard InChI is InChI=1S/C48H33Cl2F3N4O7/c49-30-10-8-28(9-11-30)47-36(44(61)57(46(47)63)55-42-37(50)20-29(22-54-42)48(51,52)53)21-35-33(40(47)27-18-26-19-32(58)14-17-38(26)64-23-27)15-16-34-39(35)45(62)56(43(34)60)31-12-6-25(7-13-31)41(59)24-4-2-1-3-5-24/h1-15,17,19-20,22-23,34-36,39-40,58H,16,18,21H2,(H,54,55). The highest BCUT2D eigenvalue weighted by molar-refractivity contribution is 6.33. The van der Waals surface area contributed by atoms with Crippen LogP contribution in [0, 0.1) is 29.6 Å². The molecule has 6 unspecified atom stereocenters. The van der Waals surface area contributed by atoms with E-state index in [2.05, 4.69) is 10.4 Å². The van der Waals surface area contributed by atoms with Gasteiger partial charge in [-0.2, -0.15) is 18.2 Å². The molecule has 10 rings (SSSR count). The van der Waals surface area contributed by atoms with Crippen molar-refractivity contribution in [3.8, 4) is 11.5 Å². The number of benzene rings is 4. The second-order valence-electron chi connectivity index (χ2n) is 16.5. The topological polar surface area (TPSA) is 146 Å². The summed E-state index contributed by atoms with van der Waals surface area (Å²) in [5.41, 5.74) is 2.91. The number of ketones is 1. The summed E-state index contributed by atoms with van der Waals surface area (Å²) in [5.74, 6) is -7.54. The van der Waals surface area contributed by atoms with Crippen molar-refractivity contribution in [2.45, 2.75) is 30.9 Å². The molecule has 2 aliphatic carbocycles. The smallest absolute Gasteiger partial charge is 0.417 e. The molecule has 2 saturated heterocycles. The van der Waals surface area contributed by atoms with Crippen molar-refractivity contribution in [2.75, 3.05) is 10.3 Å². The van der Waals surface area contributed by atoms with E-state index >= 15 is 9.59 Å². The normalized spacial score (nSPS) is 24.9. The Hall–Kier alpha value is -6.77. The van der Waals surface area contributed by atoms with Gasteiger partial charge in [-0.05, 0) is 90.6 Å². The molecule has 3 aliphatic heterocycles. The number of hydrogen-bond donors (Lipinski definition) is 2. The van der Waals surface area contributed by atoms with Crippen LogP contribution in [0.1, 0.15) is 45.5 Å². The number of phenolic OH excluding ortho intramolecular Hbond substituents is 1. The maximum absolute atomic E-state index is 15.5. The predicted molar refractivity (Wildman–Crippen MR) is 227 cm³/mol. The summed E-state index contributed by atoms with van der Waals surface area (Å²) in [7, 11) is 0. The van der Waals surface area contributed by atoms with Crippen LogP contribution in [0.4, 0.5) is 24.7 Å². The Balaban J connectivity index is 1.08. The van der Waals surface area contributed by atoms with Gasteiger partial charge in [0.2, 0.25) is 11.8 Å². The van der Waals surface area contributed by atoms with Gasteiger partial charge in [0, 0.05) is 40.2 Å². The Morgan fingerprint density at radius 1 is 0.859 bits per heavy atom. The number of rotatable bonds is 7. The van der Waals surface area contributed by atoms with Crippen LogP contribution >= 0.6 is 23.2 Å². The number of anilines is 2. The fourth-order valence-corrected chi connectivity index (χ4v) is 10.7. The Labute approximate surface area is 372 Å². The number of nitrogens with zero attached hydrogens (tertiary/aromatic N) is 3. The van der Waals surface area contributed by atoms with Gasteiger partial charge in [0.1, 0.15) is 11.5 Å². The summed E-state index contributed by atoms with van der Waals surface area (Å²) in [4.78, 5) is 78.0. The number of carbonyl (C=O) groups excluding carboxylic acids is 5. The van der Waals surface area contributed by atoms with Crippen molar-refractivity contribution in [3.63, 3.8) is 0 Å². The molecule has 0 bridgehead atoms. The number of carbonyl (C=O) groups is 5. The number of phenols is 1. The average Bonchev–Trinajstić information content (AvgIpc) is 3.67. The summed E-state index contributed by atoms with van der Waals surface area (Å²) >= 11 is 12.7. The fraction of sp³-hybridized carbons (Fsp3) is 0.208. The van der Waals surface area contributed by atoms with Gasteiger partial charge < -0.3 is 9.84 Å². The van der Waals surface area contributed by atoms with Crippen molar-refractivity contribution in [2.24, 2.45) is 29.6 Å². The van der Waals surface area contributed by atoms with E-state index in [4.69, 9.17) is 27.9 Å². The zero-order valence-electron chi connectivity index (χ0n) is 33.2. The molecule has 4 heterocycles. The minimum absolute atomic E-state index is 0.0360. The number of ether oxygens (including phenoxy) is 1. The van der Waals surface area contributed by atoms with Gasteiger partial charge in [0.15, 0.2) is 11.6 Å². The van der Waals surface area contributed by atoms with Crippen LogP contribution in [0.25, 0.3) is 0 Å². The number of amides is 4. The number of hydrogen-bond acceptors (Lipinski definition) is 9. The Kier molecular flexibility index (Phi) is 9.80. The fourth-order valence-electron chi connectivity index (χ4n) is 10.4. The van der Waals surface area contributed by atoms with E-state index in [0.29, 0.717) is 56.4 Å². The minimum Gasteiger partial charge on any atom is -0.508 e. The summed E-state index contributed by atoms with van der Waals surface area (Å²) in [6, 6.07) is 26.5. The molecule has 4 aromatic carbocycles. The molecule has 6 atom stereocenters. The lowest BCUT2D eigenvalue weighted by Crippen LogP contribution is -2.55. The lowest BCUT2D eigenvalue weighted by molar-refractivity contribution is -0.139. The maximum Gasteiger partial charge on any atom is 0.417 e. The highest BCUT2D eigenvalue weighted by Crippen LogP contribution is 2.63. The Bertz CT molecular complexity index is 2890. The van der Waals surface area contributed by atoms with Crippen LogP contribution < -0.4 is 15.1 Å². The van der Waals surface area contributed by atoms with Crippen molar-refractivity contribution < 1.29 is 47.0 Å². The van der Waals surface area contributed by atoms with Gasteiger partial charge in [0.05, 0.1) is 45.7 Å². The predicted octanol–water partition coefficient (Wildman–Crippen LogP) is 8.88. The van der Waals surface area contributed by atoms with Gasteiger partial charge in [-0.15, -0.1) is 0 Å². The van der Waals surface area contributed by atoms with Crippen LogP contribution in [0.3, 0.4) is 0 Å². The molecule has 11 nitrogen and oxygen atoms in total. The van der Waals surface area contributed by atoms with Gasteiger partial charge in [-0.1, -0.05) is 77.3 Å². The second-order valence-corrected chi connectivity index (χ2v) is 17.3. The number of hydrazine groups is 1. The number of aromatic hydroxyl groups is 1. The molecule has 322 valence electrons.